The molecule has 28 heavy (non-hydrogen) atoms. The molecular formula is C20H34N6O2+2. The normalized spacial score (nSPS) is 20.9. The van der Waals surface area contributed by atoms with Crippen molar-refractivity contribution in [2.45, 2.75) is 32.9 Å². The number of hydrogen-bond donors (Lipinski definition) is 2. The van der Waals surface area contributed by atoms with Crippen molar-refractivity contribution in [2.75, 3.05) is 47.4 Å². The van der Waals surface area contributed by atoms with Crippen molar-refractivity contribution in [3.05, 3.63) is 29.6 Å². The monoisotopic (exact) mass is 390 g/mol. The molecular weight excluding hydrogens is 356 g/mol. The van der Waals surface area contributed by atoms with E-state index in [0.717, 1.165) is 43.4 Å². The van der Waals surface area contributed by atoms with Crippen LogP contribution in [0.25, 0.3) is 0 Å². The Morgan fingerprint density at radius 1 is 1.07 bits per heavy atom. The fraction of sp³-hybridized carbons (Fsp3) is 0.650. The molecule has 8 nitrogen and oxygen atoms in total. The summed E-state index contributed by atoms with van der Waals surface area (Å²) < 4.78 is 12.7. The van der Waals surface area contributed by atoms with Gasteiger partial charge in [-0.3, -0.25) is 0 Å². The Balaban J connectivity index is 1.73. The van der Waals surface area contributed by atoms with E-state index < -0.39 is 0 Å². The summed E-state index contributed by atoms with van der Waals surface area (Å²) in [5, 5.41) is 12.7. The lowest BCUT2D eigenvalue weighted by Gasteiger charge is -2.34. The Labute approximate surface area is 167 Å². The summed E-state index contributed by atoms with van der Waals surface area (Å²) in [6.07, 6.45) is 0.839. The molecule has 1 aliphatic heterocycles. The zero-order valence-corrected chi connectivity index (χ0v) is 17.7. The number of aromatic nitrogens is 4. The van der Waals surface area contributed by atoms with Crippen molar-refractivity contribution in [1.29, 1.82) is 0 Å². The van der Waals surface area contributed by atoms with Crippen LogP contribution in [0.3, 0.4) is 0 Å². The molecule has 1 aromatic heterocycles. The summed E-state index contributed by atoms with van der Waals surface area (Å²) in [5.74, 6) is 2.99. The number of rotatable bonds is 8. The van der Waals surface area contributed by atoms with Crippen molar-refractivity contribution in [2.24, 2.45) is 5.92 Å². The lowest BCUT2D eigenvalue weighted by molar-refractivity contribution is -1.02. The molecule has 1 aliphatic rings. The van der Waals surface area contributed by atoms with E-state index in [9.17, 15) is 0 Å². The fourth-order valence-electron chi connectivity index (χ4n) is 4.13. The zero-order valence-electron chi connectivity index (χ0n) is 17.7. The number of nitrogens with zero attached hydrogens (tertiary/aromatic N) is 4. The van der Waals surface area contributed by atoms with Crippen LogP contribution in [0, 0.1) is 5.92 Å². The van der Waals surface area contributed by atoms with E-state index in [4.69, 9.17) is 9.47 Å². The predicted molar refractivity (Wildman–Crippen MR) is 106 cm³/mol. The van der Waals surface area contributed by atoms with Gasteiger partial charge < -0.3 is 19.3 Å². The van der Waals surface area contributed by atoms with Crippen LogP contribution in [0.1, 0.15) is 31.3 Å². The molecule has 1 aromatic carbocycles. The van der Waals surface area contributed by atoms with Crippen LogP contribution in [0.2, 0.25) is 0 Å². The van der Waals surface area contributed by atoms with Crippen LogP contribution < -0.4 is 19.3 Å². The van der Waals surface area contributed by atoms with E-state index in [1.807, 2.05) is 16.8 Å². The van der Waals surface area contributed by atoms with E-state index in [1.54, 1.807) is 24.0 Å². The maximum atomic E-state index is 5.42. The molecule has 0 spiro atoms. The number of hydrogen-bond acceptors (Lipinski definition) is 5. The summed E-state index contributed by atoms with van der Waals surface area (Å²) in [6, 6.07) is 6.37. The van der Waals surface area contributed by atoms with Crippen molar-refractivity contribution in [3.8, 4) is 11.5 Å². The maximum Gasteiger partial charge on any atom is 0.209 e. The van der Waals surface area contributed by atoms with Gasteiger partial charge in [-0.1, -0.05) is 19.9 Å². The predicted octanol–water partition coefficient (Wildman–Crippen LogP) is -0.957. The van der Waals surface area contributed by atoms with Crippen molar-refractivity contribution < 1.29 is 19.3 Å². The van der Waals surface area contributed by atoms with E-state index in [0.29, 0.717) is 12.0 Å². The minimum atomic E-state index is 0.327. The second-order valence-corrected chi connectivity index (χ2v) is 8.04. The first kappa shape index (κ1) is 20.5. The second-order valence-electron chi connectivity index (χ2n) is 8.04. The van der Waals surface area contributed by atoms with Crippen molar-refractivity contribution in [1.82, 2.24) is 20.2 Å². The Morgan fingerprint density at radius 2 is 1.79 bits per heavy atom. The Morgan fingerprint density at radius 3 is 2.43 bits per heavy atom. The van der Waals surface area contributed by atoms with Crippen molar-refractivity contribution >= 4 is 0 Å². The smallest absolute Gasteiger partial charge is 0.209 e. The number of aryl methyl sites for hydroxylation is 2. The number of likely N-dealkylation sites (N-methyl/N-ethyl adjacent to an activating group) is 1. The highest BCUT2D eigenvalue weighted by molar-refractivity contribution is 5.42. The van der Waals surface area contributed by atoms with Gasteiger partial charge in [0.15, 0.2) is 17.5 Å². The number of piperazine rings is 1. The minimum Gasteiger partial charge on any atom is -0.493 e. The molecule has 1 saturated heterocycles. The quantitative estimate of drug-likeness (QED) is 0.608. The lowest BCUT2D eigenvalue weighted by Crippen LogP contribution is -3.27. The third-order valence-electron chi connectivity index (χ3n) is 5.75. The Hall–Kier alpha value is -2.19. The lowest BCUT2D eigenvalue weighted by atomic mass is 10.0. The van der Waals surface area contributed by atoms with Gasteiger partial charge in [-0.25, -0.2) is 4.68 Å². The zero-order chi connectivity index (χ0) is 20.1. The molecule has 1 fully saturated rings. The van der Waals surface area contributed by atoms with Gasteiger partial charge in [0, 0.05) is 12.5 Å². The first-order valence-corrected chi connectivity index (χ1v) is 10.2. The molecule has 1 atom stereocenters. The molecule has 0 saturated carbocycles. The Kier molecular flexibility index (Phi) is 6.85. The first-order valence-electron chi connectivity index (χ1n) is 10.2. The molecule has 3 rings (SSSR count). The molecule has 0 radical (unpaired) electrons. The van der Waals surface area contributed by atoms with Gasteiger partial charge in [-0.15, -0.1) is 5.10 Å². The van der Waals surface area contributed by atoms with Gasteiger partial charge in [0.05, 0.1) is 21.3 Å². The highest BCUT2D eigenvalue weighted by Gasteiger charge is 2.35. The summed E-state index contributed by atoms with van der Waals surface area (Å²) >= 11 is 0. The largest absolute Gasteiger partial charge is 0.493 e. The van der Waals surface area contributed by atoms with E-state index in [1.165, 1.54) is 18.7 Å². The third kappa shape index (κ3) is 4.62. The van der Waals surface area contributed by atoms with Gasteiger partial charge >= 0.3 is 0 Å². The summed E-state index contributed by atoms with van der Waals surface area (Å²) in [7, 11) is 5.59. The number of methoxy groups -OCH3 is 2. The SMILES string of the molecule is COc1ccc(CCn2nnnc2[C@H](C(C)C)[NH+]2CC[NH+](C)CC2)cc1OC. The number of benzene rings is 1. The van der Waals surface area contributed by atoms with E-state index in [2.05, 4.69) is 42.5 Å². The highest BCUT2D eigenvalue weighted by atomic mass is 16.5. The molecule has 2 heterocycles. The number of tetrazole rings is 1. The topological polar surface area (TPSA) is 70.9 Å². The average Bonchev–Trinajstić information content (AvgIpc) is 3.15. The Bertz CT molecular complexity index is 755. The van der Waals surface area contributed by atoms with Gasteiger partial charge in [0.25, 0.3) is 0 Å². The molecule has 0 unspecified atom stereocenters. The van der Waals surface area contributed by atoms with Crippen LogP contribution in [-0.2, 0) is 13.0 Å². The molecule has 0 amide bonds. The molecule has 154 valence electrons. The van der Waals surface area contributed by atoms with Gasteiger partial charge in [-0.05, 0) is 34.5 Å². The van der Waals surface area contributed by atoms with Crippen LogP contribution in [0.5, 0.6) is 11.5 Å². The summed E-state index contributed by atoms with van der Waals surface area (Å²) in [4.78, 5) is 3.21. The maximum absolute atomic E-state index is 5.42. The molecule has 0 bridgehead atoms. The van der Waals surface area contributed by atoms with Crippen LogP contribution in [0.15, 0.2) is 18.2 Å². The summed E-state index contributed by atoms with van der Waals surface area (Å²) in [5.41, 5.74) is 1.18. The van der Waals surface area contributed by atoms with Crippen LogP contribution >= 0.6 is 0 Å². The first-order chi connectivity index (χ1) is 13.5. The number of quaternary nitrogens is 2. The number of nitrogens with one attached hydrogen (secondary N) is 2. The third-order valence-corrected chi connectivity index (χ3v) is 5.75. The summed E-state index contributed by atoms with van der Waals surface area (Å²) in [6.45, 7) is 10.0. The number of ether oxygens (including phenoxy) is 2. The molecule has 2 aromatic rings. The molecule has 0 aliphatic carbocycles. The highest BCUT2D eigenvalue weighted by Crippen LogP contribution is 2.28. The fourth-order valence-corrected chi connectivity index (χ4v) is 4.13. The van der Waals surface area contributed by atoms with E-state index in [-0.39, 0.29) is 0 Å². The second kappa shape index (κ2) is 9.34. The molecule has 8 heteroatoms. The van der Waals surface area contributed by atoms with Crippen LogP contribution in [0.4, 0.5) is 0 Å². The molecule has 2 N–H and O–H groups in total. The average molecular weight is 391 g/mol. The van der Waals surface area contributed by atoms with Gasteiger partial charge in [0.1, 0.15) is 26.2 Å². The van der Waals surface area contributed by atoms with Crippen LogP contribution in [-0.4, -0.2) is 67.7 Å². The van der Waals surface area contributed by atoms with Crippen molar-refractivity contribution in [3.63, 3.8) is 0 Å². The minimum absolute atomic E-state index is 0.327. The van der Waals surface area contributed by atoms with E-state index >= 15 is 0 Å². The standard InChI is InChI=1S/C20H32N6O2/c1-15(2)19(25-12-10-24(3)11-13-25)20-21-22-23-26(20)9-8-16-6-7-17(27-4)18(14-16)28-5/h6-7,14-15,19H,8-13H2,1-5H3/p+2/t19-/m0/s1. The van der Waals surface area contributed by atoms with Gasteiger partial charge in [-0.2, -0.15) is 0 Å². The van der Waals surface area contributed by atoms with Gasteiger partial charge in [0.2, 0.25) is 5.82 Å².